The molecule has 0 bridgehead atoms. The summed E-state index contributed by atoms with van der Waals surface area (Å²) in [7, 11) is 0. The summed E-state index contributed by atoms with van der Waals surface area (Å²) in [5.74, 6) is 0.239. The quantitative estimate of drug-likeness (QED) is 0.295. The van der Waals surface area contributed by atoms with Crippen LogP contribution >= 0.6 is 11.6 Å². The normalized spacial score (nSPS) is 11.2. The zero-order valence-electron chi connectivity index (χ0n) is 18.3. The molecule has 164 valence electrons. The van der Waals surface area contributed by atoms with Gasteiger partial charge in [0.1, 0.15) is 11.6 Å². The van der Waals surface area contributed by atoms with Crippen LogP contribution in [0.1, 0.15) is 12.7 Å². The molecule has 5 aromatic rings. The molecule has 0 aliphatic carbocycles. The van der Waals surface area contributed by atoms with E-state index in [1.807, 2.05) is 37.4 Å². The lowest BCUT2D eigenvalue weighted by atomic mass is 9.98. The molecule has 0 aliphatic heterocycles. The van der Waals surface area contributed by atoms with Gasteiger partial charge in [0.15, 0.2) is 0 Å². The fourth-order valence-corrected chi connectivity index (χ4v) is 4.24. The van der Waals surface area contributed by atoms with Crippen LogP contribution in [0.4, 0.5) is 15.8 Å². The summed E-state index contributed by atoms with van der Waals surface area (Å²) in [6.07, 6.45) is 3.98. The Labute approximate surface area is 196 Å². The number of nitrogens with one attached hydrogen (secondary N) is 1. The third kappa shape index (κ3) is 4.08. The van der Waals surface area contributed by atoms with Crippen LogP contribution in [-0.2, 0) is 6.54 Å². The van der Waals surface area contributed by atoms with Crippen molar-refractivity contribution in [1.82, 2.24) is 14.5 Å². The van der Waals surface area contributed by atoms with Gasteiger partial charge >= 0.3 is 0 Å². The number of nitrogens with zero attached hydrogens (tertiary/aromatic N) is 3. The number of para-hydroxylation sites is 1. The molecule has 0 unspecified atom stereocenters. The van der Waals surface area contributed by atoms with Gasteiger partial charge in [-0.3, -0.25) is 0 Å². The largest absolute Gasteiger partial charge is 0.355 e. The first-order valence-corrected chi connectivity index (χ1v) is 11.2. The average Bonchev–Trinajstić information content (AvgIpc) is 3.24. The van der Waals surface area contributed by atoms with Gasteiger partial charge in [0.05, 0.1) is 10.7 Å². The van der Waals surface area contributed by atoms with Crippen LogP contribution in [0.15, 0.2) is 79.1 Å². The minimum atomic E-state index is -0.448. The number of hydrogen-bond acceptors (Lipinski definition) is 3. The van der Waals surface area contributed by atoms with E-state index in [9.17, 15) is 4.39 Å². The zero-order valence-corrected chi connectivity index (χ0v) is 19.1. The molecule has 3 aromatic carbocycles. The van der Waals surface area contributed by atoms with E-state index < -0.39 is 5.82 Å². The highest BCUT2D eigenvalue weighted by atomic mass is 35.5. The predicted octanol–water partition coefficient (Wildman–Crippen LogP) is 7.63. The minimum Gasteiger partial charge on any atom is -0.355 e. The second kappa shape index (κ2) is 8.68. The van der Waals surface area contributed by atoms with E-state index >= 15 is 0 Å². The summed E-state index contributed by atoms with van der Waals surface area (Å²) in [4.78, 5) is 9.30. The molecule has 0 amide bonds. The van der Waals surface area contributed by atoms with Gasteiger partial charge in [0, 0.05) is 52.3 Å². The van der Waals surface area contributed by atoms with Gasteiger partial charge in [0.2, 0.25) is 0 Å². The summed E-state index contributed by atoms with van der Waals surface area (Å²) in [5.41, 5.74) is 6.48. The van der Waals surface area contributed by atoms with E-state index in [0.29, 0.717) is 11.5 Å². The molecule has 6 heteroatoms. The standard InChI is InChI=1S/C27H22ClFN4/c1-3-33-13-12-19-14-18(8-11-26(19)33)22-16-30-17(2)31-27(22)21-6-4-5-7-25(21)32-20-9-10-24(29)23(28)15-20/h4-16,32H,3H2,1-2H3. The van der Waals surface area contributed by atoms with Crippen LogP contribution in [0.25, 0.3) is 33.3 Å². The second-order valence-electron chi connectivity index (χ2n) is 7.85. The molecule has 0 aliphatic rings. The Kier molecular flexibility index (Phi) is 5.56. The van der Waals surface area contributed by atoms with Gasteiger partial charge in [-0.05, 0) is 61.9 Å². The molecule has 0 radical (unpaired) electrons. The van der Waals surface area contributed by atoms with Gasteiger partial charge in [-0.1, -0.05) is 35.9 Å². The molecule has 2 heterocycles. The maximum Gasteiger partial charge on any atom is 0.141 e. The Morgan fingerprint density at radius 2 is 1.85 bits per heavy atom. The van der Waals surface area contributed by atoms with Gasteiger partial charge in [-0.2, -0.15) is 0 Å². The van der Waals surface area contributed by atoms with E-state index in [1.165, 1.54) is 17.0 Å². The number of aromatic nitrogens is 3. The maximum absolute atomic E-state index is 13.6. The summed E-state index contributed by atoms with van der Waals surface area (Å²) in [5, 5.41) is 4.61. The first-order valence-electron chi connectivity index (χ1n) is 10.8. The van der Waals surface area contributed by atoms with Gasteiger partial charge in [-0.15, -0.1) is 0 Å². The highest BCUT2D eigenvalue weighted by molar-refractivity contribution is 6.31. The lowest BCUT2D eigenvalue weighted by Gasteiger charge is -2.15. The molecule has 0 fully saturated rings. The smallest absolute Gasteiger partial charge is 0.141 e. The minimum absolute atomic E-state index is 0.0726. The first-order chi connectivity index (χ1) is 16.0. The van der Waals surface area contributed by atoms with Crippen molar-refractivity contribution in [1.29, 1.82) is 0 Å². The molecule has 4 nitrogen and oxygen atoms in total. The van der Waals surface area contributed by atoms with Gasteiger partial charge < -0.3 is 9.88 Å². The van der Waals surface area contributed by atoms with Crippen molar-refractivity contribution in [2.24, 2.45) is 0 Å². The van der Waals surface area contributed by atoms with Crippen LogP contribution in [0, 0.1) is 12.7 Å². The van der Waals surface area contributed by atoms with Gasteiger partial charge in [0.25, 0.3) is 0 Å². The van der Waals surface area contributed by atoms with Crippen molar-refractivity contribution in [3.05, 3.63) is 95.8 Å². The number of fused-ring (bicyclic) bond motifs is 1. The maximum atomic E-state index is 13.6. The predicted molar refractivity (Wildman–Crippen MR) is 134 cm³/mol. The summed E-state index contributed by atoms with van der Waals surface area (Å²) in [6.45, 7) is 4.94. The molecule has 2 aromatic heterocycles. The number of rotatable bonds is 5. The van der Waals surface area contributed by atoms with Crippen molar-refractivity contribution < 1.29 is 4.39 Å². The fourth-order valence-electron chi connectivity index (χ4n) is 4.06. The number of anilines is 2. The number of halogens is 2. The molecule has 0 spiro atoms. The number of hydrogen-bond donors (Lipinski definition) is 1. The average molecular weight is 457 g/mol. The van der Waals surface area contributed by atoms with Crippen molar-refractivity contribution >= 4 is 33.9 Å². The second-order valence-corrected chi connectivity index (χ2v) is 8.26. The Morgan fingerprint density at radius 3 is 2.67 bits per heavy atom. The zero-order chi connectivity index (χ0) is 22.9. The van der Waals surface area contributed by atoms with Gasteiger partial charge in [-0.25, -0.2) is 14.4 Å². The Morgan fingerprint density at radius 1 is 1.00 bits per heavy atom. The molecular weight excluding hydrogens is 435 g/mol. The lowest BCUT2D eigenvalue weighted by molar-refractivity contribution is 0.628. The van der Waals surface area contributed by atoms with E-state index in [1.54, 1.807) is 12.1 Å². The molecule has 33 heavy (non-hydrogen) atoms. The lowest BCUT2D eigenvalue weighted by Crippen LogP contribution is -1.99. The molecule has 1 N–H and O–H groups in total. The molecule has 0 saturated carbocycles. The number of aryl methyl sites for hydroxylation is 2. The van der Waals surface area contributed by atoms with Crippen molar-refractivity contribution in [3.63, 3.8) is 0 Å². The molecular formula is C27H22ClFN4. The Balaban J connectivity index is 1.62. The summed E-state index contributed by atoms with van der Waals surface area (Å²) in [6, 6.07) is 21.1. The monoisotopic (exact) mass is 456 g/mol. The summed E-state index contributed by atoms with van der Waals surface area (Å²) >= 11 is 5.99. The molecule has 0 saturated heterocycles. The van der Waals surface area contributed by atoms with Crippen LogP contribution < -0.4 is 5.32 Å². The fraction of sp³-hybridized carbons (Fsp3) is 0.111. The van der Waals surface area contributed by atoms with E-state index in [4.69, 9.17) is 16.6 Å². The van der Waals surface area contributed by atoms with Crippen LogP contribution in [0.3, 0.4) is 0 Å². The van der Waals surface area contributed by atoms with Crippen molar-refractivity contribution in [3.8, 4) is 22.4 Å². The first kappa shape index (κ1) is 21.2. The van der Waals surface area contributed by atoms with E-state index in [2.05, 4.69) is 52.3 Å². The van der Waals surface area contributed by atoms with Crippen LogP contribution in [0.2, 0.25) is 5.02 Å². The molecule has 0 atom stereocenters. The van der Waals surface area contributed by atoms with Crippen LogP contribution in [0.5, 0.6) is 0 Å². The summed E-state index contributed by atoms with van der Waals surface area (Å²) < 4.78 is 15.8. The SMILES string of the molecule is CCn1ccc2cc(-c3cnc(C)nc3-c3ccccc3Nc3ccc(F)c(Cl)c3)ccc21. The highest BCUT2D eigenvalue weighted by Crippen LogP contribution is 2.37. The van der Waals surface area contributed by atoms with Crippen LogP contribution in [-0.4, -0.2) is 14.5 Å². The Hall–Kier alpha value is -3.70. The van der Waals surface area contributed by atoms with Crippen molar-refractivity contribution in [2.75, 3.05) is 5.32 Å². The third-order valence-electron chi connectivity index (χ3n) is 5.71. The topological polar surface area (TPSA) is 42.7 Å². The third-order valence-corrected chi connectivity index (χ3v) is 6.00. The van der Waals surface area contributed by atoms with E-state index in [0.717, 1.165) is 34.6 Å². The highest BCUT2D eigenvalue weighted by Gasteiger charge is 2.15. The van der Waals surface area contributed by atoms with Crippen molar-refractivity contribution in [2.45, 2.75) is 20.4 Å². The Bertz CT molecular complexity index is 1470. The molecule has 5 rings (SSSR count). The number of benzene rings is 3. The van der Waals surface area contributed by atoms with E-state index in [-0.39, 0.29) is 5.02 Å².